The summed E-state index contributed by atoms with van der Waals surface area (Å²) in [6.07, 6.45) is 14.5. The number of hydrogen-bond acceptors (Lipinski definition) is 5. The maximum absolute atomic E-state index is 14.5. The maximum atomic E-state index is 14.5. The fourth-order valence-electron chi connectivity index (χ4n) is 9.14. The summed E-state index contributed by atoms with van der Waals surface area (Å²) in [6, 6.07) is 23.1. The molecule has 0 aliphatic carbocycles. The molecule has 56 heavy (non-hydrogen) atoms. The van der Waals surface area contributed by atoms with Gasteiger partial charge in [-0.1, -0.05) is 127 Å². The number of unbranched alkanes of at least 4 members (excludes halogenated alkanes) is 7. The second kappa shape index (κ2) is 16.0. The van der Waals surface area contributed by atoms with Gasteiger partial charge in [-0.2, -0.15) is 0 Å². The number of benzene rings is 6. The van der Waals surface area contributed by atoms with Gasteiger partial charge in [-0.05, 0) is 87.0 Å². The van der Waals surface area contributed by atoms with Crippen molar-refractivity contribution in [2.45, 2.75) is 110 Å². The van der Waals surface area contributed by atoms with Crippen LogP contribution in [0.25, 0.3) is 43.1 Å². The van der Waals surface area contributed by atoms with E-state index >= 15 is 0 Å². The number of amides is 4. The van der Waals surface area contributed by atoms with Crippen molar-refractivity contribution in [2.24, 2.45) is 4.99 Å². The second-order valence-electron chi connectivity index (χ2n) is 15.8. The van der Waals surface area contributed by atoms with E-state index in [2.05, 4.69) is 25.8 Å². The Morgan fingerprint density at radius 3 is 1.39 bits per heavy atom. The van der Waals surface area contributed by atoms with Gasteiger partial charge in [0.2, 0.25) is 0 Å². The first-order chi connectivity index (χ1) is 27.4. The first-order valence-corrected chi connectivity index (χ1v) is 20.9. The molecule has 0 N–H and O–H groups in total. The van der Waals surface area contributed by atoms with Crippen LogP contribution in [0.1, 0.15) is 150 Å². The van der Waals surface area contributed by atoms with Crippen LogP contribution in [-0.2, 0) is 6.54 Å². The summed E-state index contributed by atoms with van der Waals surface area (Å²) >= 11 is 0. The van der Waals surface area contributed by atoms with E-state index in [4.69, 9.17) is 0 Å². The van der Waals surface area contributed by atoms with Crippen molar-refractivity contribution in [3.05, 3.63) is 106 Å². The van der Waals surface area contributed by atoms with Gasteiger partial charge in [0, 0.05) is 51.8 Å². The van der Waals surface area contributed by atoms with E-state index in [1.165, 1.54) is 4.90 Å². The van der Waals surface area contributed by atoms with Crippen molar-refractivity contribution < 1.29 is 19.2 Å². The molecule has 0 bridgehead atoms. The zero-order valence-corrected chi connectivity index (χ0v) is 33.0. The van der Waals surface area contributed by atoms with Gasteiger partial charge >= 0.3 is 0 Å². The van der Waals surface area contributed by atoms with Gasteiger partial charge in [-0.3, -0.25) is 34.0 Å². The fraction of sp³-hybridized carbons (Fsp3) is 0.367. The lowest BCUT2D eigenvalue weighted by molar-refractivity contribution is 0.0514. The summed E-state index contributed by atoms with van der Waals surface area (Å²) in [5.41, 5.74) is 3.98. The molecule has 8 rings (SSSR count). The molecule has 7 heteroatoms. The van der Waals surface area contributed by atoms with Crippen molar-refractivity contribution >= 4 is 72.9 Å². The Morgan fingerprint density at radius 1 is 0.500 bits per heavy atom. The first kappa shape index (κ1) is 37.5. The van der Waals surface area contributed by atoms with E-state index in [-0.39, 0.29) is 36.2 Å². The molecule has 7 nitrogen and oxygen atoms in total. The minimum absolute atomic E-state index is 0.125. The van der Waals surface area contributed by atoms with Crippen molar-refractivity contribution in [3.63, 3.8) is 0 Å². The van der Waals surface area contributed by atoms with E-state index in [0.29, 0.717) is 33.0 Å². The monoisotopic (exact) mass is 745 g/mol. The lowest BCUT2D eigenvalue weighted by Crippen LogP contribution is -2.47. The quantitative estimate of drug-likeness (QED) is 0.0306. The maximum Gasteiger partial charge on any atom is 0.261 e. The number of hydrogen-bond donors (Lipinski definition) is 0. The Kier molecular flexibility index (Phi) is 10.7. The predicted octanol–water partition coefficient (Wildman–Crippen LogP) is 11.7. The smallest absolute Gasteiger partial charge is 0.261 e. The molecule has 0 radical (unpaired) electrons. The molecule has 4 amide bonds. The molecule has 0 unspecified atom stereocenters. The third-order valence-corrected chi connectivity index (χ3v) is 12.1. The molecule has 0 aromatic heterocycles. The third-order valence-electron chi connectivity index (χ3n) is 12.1. The van der Waals surface area contributed by atoms with E-state index < -0.39 is 0 Å². The summed E-state index contributed by atoms with van der Waals surface area (Å²) in [6.45, 7) is 7.50. The standard InChI is InChI=1S/C49H51N3O4/c1-4-7-10-12-14-33(15-13-11-8-5-2)52-48(55)40-26-22-36-34-20-24-38-44-39(25-21-35(42(34)44)37-23-27-41(49(52)56)45(40)43(36)37)47(54)51(46(38)53)30-32-18-16-31(17-19-32)29-50-28-9-6-3/h16-27,29,33H,4-15,28,30H2,1-3H3. The van der Waals surface area contributed by atoms with E-state index in [1.54, 1.807) is 4.90 Å². The molecule has 6 aromatic carbocycles. The lowest BCUT2D eigenvalue weighted by Gasteiger charge is -2.35. The van der Waals surface area contributed by atoms with Crippen LogP contribution in [-0.4, -0.2) is 52.2 Å². The van der Waals surface area contributed by atoms with Gasteiger partial charge in [0.15, 0.2) is 0 Å². The molecule has 0 saturated heterocycles. The molecule has 0 fully saturated rings. The van der Waals surface area contributed by atoms with Crippen molar-refractivity contribution in [1.82, 2.24) is 9.80 Å². The Morgan fingerprint density at radius 2 is 0.946 bits per heavy atom. The van der Waals surface area contributed by atoms with Gasteiger partial charge in [0.25, 0.3) is 23.6 Å². The first-order valence-electron chi connectivity index (χ1n) is 20.9. The van der Waals surface area contributed by atoms with Gasteiger partial charge in [0.05, 0.1) is 6.54 Å². The molecule has 2 aliphatic rings. The SMILES string of the molecule is CCCCCCC(CCCCCC)N1C(=O)c2ccc3c4ccc5c6c(ccc(c7ccc(c2c37)C1=O)c64)C(=O)N(Cc1ccc(C=NCCCC)cc1)C5=O. The number of nitrogens with zero attached hydrogens (tertiary/aromatic N) is 3. The highest BCUT2D eigenvalue weighted by molar-refractivity contribution is 6.41. The zero-order valence-electron chi connectivity index (χ0n) is 33.0. The molecule has 6 aromatic rings. The van der Waals surface area contributed by atoms with Crippen molar-refractivity contribution in [2.75, 3.05) is 6.54 Å². The highest BCUT2D eigenvalue weighted by Crippen LogP contribution is 2.46. The van der Waals surface area contributed by atoms with Gasteiger partial charge in [-0.25, -0.2) is 0 Å². The second-order valence-corrected chi connectivity index (χ2v) is 15.8. The number of fused-ring (bicyclic) bond motifs is 2. The van der Waals surface area contributed by atoms with Crippen LogP contribution < -0.4 is 0 Å². The number of carbonyl (C=O) groups is 4. The number of carbonyl (C=O) groups excluding carboxylic acids is 4. The topological polar surface area (TPSA) is 87.1 Å². The molecule has 2 heterocycles. The van der Waals surface area contributed by atoms with Gasteiger partial charge in [0.1, 0.15) is 0 Å². The zero-order chi connectivity index (χ0) is 38.9. The van der Waals surface area contributed by atoms with Crippen LogP contribution in [0, 0.1) is 0 Å². The van der Waals surface area contributed by atoms with Crippen LogP contribution in [0.15, 0.2) is 77.8 Å². The molecular formula is C49H51N3O4. The highest BCUT2D eigenvalue weighted by atomic mass is 16.2. The van der Waals surface area contributed by atoms with Crippen LogP contribution in [0.2, 0.25) is 0 Å². The molecular weight excluding hydrogens is 695 g/mol. The van der Waals surface area contributed by atoms with Crippen LogP contribution in [0.4, 0.5) is 0 Å². The Hall–Kier alpha value is -5.43. The number of aliphatic imine (C=N–C) groups is 1. The summed E-state index contributed by atoms with van der Waals surface area (Å²) in [7, 11) is 0. The summed E-state index contributed by atoms with van der Waals surface area (Å²) in [4.78, 5) is 64.6. The molecule has 0 spiro atoms. The van der Waals surface area contributed by atoms with Crippen molar-refractivity contribution in [3.8, 4) is 0 Å². The Labute approximate surface area is 329 Å². The van der Waals surface area contributed by atoms with E-state index in [1.807, 2.05) is 79.0 Å². The fourth-order valence-corrected chi connectivity index (χ4v) is 9.14. The molecule has 2 aliphatic heterocycles. The minimum atomic E-state index is -0.317. The van der Waals surface area contributed by atoms with E-state index in [0.717, 1.165) is 127 Å². The van der Waals surface area contributed by atoms with Crippen LogP contribution in [0.3, 0.4) is 0 Å². The van der Waals surface area contributed by atoms with Crippen LogP contribution >= 0.6 is 0 Å². The molecule has 0 saturated carbocycles. The highest BCUT2D eigenvalue weighted by Gasteiger charge is 2.39. The summed E-state index contributed by atoms with van der Waals surface area (Å²) in [5, 5.41) is 6.72. The van der Waals surface area contributed by atoms with E-state index in [9.17, 15) is 19.2 Å². The summed E-state index contributed by atoms with van der Waals surface area (Å²) in [5.74, 6) is -1.04. The van der Waals surface area contributed by atoms with Gasteiger partial charge < -0.3 is 0 Å². The third kappa shape index (κ3) is 6.45. The normalized spacial score (nSPS) is 14.4. The summed E-state index contributed by atoms with van der Waals surface area (Å²) < 4.78 is 0. The van der Waals surface area contributed by atoms with Gasteiger partial charge in [-0.15, -0.1) is 0 Å². The van der Waals surface area contributed by atoms with Crippen molar-refractivity contribution in [1.29, 1.82) is 0 Å². The minimum Gasteiger partial charge on any atom is -0.293 e. The molecule has 0 atom stereocenters. The van der Waals surface area contributed by atoms with Crippen LogP contribution in [0.5, 0.6) is 0 Å². The molecule has 286 valence electrons. The average molecular weight is 746 g/mol. The lowest BCUT2D eigenvalue weighted by atomic mass is 9.82. The predicted molar refractivity (Wildman–Crippen MR) is 227 cm³/mol. The Bertz CT molecular complexity index is 2380. The number of imide groups is 2. The largest absolute Gasteiger partial charge is 0.293 e. The Balaban J connectivity index is 1.16. The average Bonchev–Trinajstić information content (AvgIpc) is 3.22. The number of rotatable bonds is 17.